The summed E-state index contributed by atoms with van der Waals surface area (Å²) in [5, 5.41) is 0. The van der Waals surface area contributed by atoms with Gasteiger partial charge in [0.05, 0.1) is 6.10 Å². The molecule has 0 saturated heterocycles. The quantitative estimate of drug-likeness (QED) is 0.507. The third-order valence-corrected chi connectivity index (χ3v) is 2.74. The number of rotatable bonds is 5. The van der Waals surface area contributed by atoms with Crippen molar-refractivity contribution in [3.05, 3.63) is 48.6 Å². The molecule has 2 heteroatoms. The predicted octanol–water partition coefficient (Wildman–Crippen LogP) is 1.47. The monoisotopic (exact) mass is 192 g/mol. The van der Waals surface area contributed by atoms with Crippen LogP contribution in [-0.4, -0.2) is 16.6 Å². The highest BCUT2D eigenvalue weighted by molar-refractivity contribution is 5.98. The Bertz CT molecular complexity index is 246. The molecule has 0 aliphatic carbocycles. The Labute approximate surface area is 83.0 Å². The fourth-order valence-electron chi connectivity index (χ4n) is 1.33. The highest BCUT2D eigenvalue weighted by atomic mass is 28.2. The van der Waals surface area contributed by atoms with Crippen LogP contribution >= 0.6 is 0 Å². The molecule has 1 unspecified atom stereocenters. The molecule has 0 amide bonds. The van der Waals surface area contributed by atoms with Crippen molar-refractivity contribution in [3.8, 4) is 0 Å². The van der Waals surface area contributed by atoms with Gasteiger partial charge in [-0.2, -0.15) is 0 Å². The first-order valence-corrected chi connectivity index (χ1v) is 5.36. The summed E-state index contributed by atoms with van der Waals surface area (Å²) >= 11 is 0. The maximum absolute atomic E-state index is 5.46. The average molecular weight is 192 g/mol. The predicted molar refractivity (Wildman–Crippen MR) is 59.8 cm³/mol. The van der Waals surface area contributed by atoms with E-state index in [-0.39, 0.29) is 0 Å². The molecule has 1 atom stereocenters. The molecule has 0 spiro atoms. The van der Waals surface area contributed by atoms with Crippen molar-refractivity contribution in [1.82, 2.24) is 0 Å². The van der Waals surface area contributed by atoms with E-state index in [4.69, 9.17) is 4.43 Å². The third kappa shape index (κ3) is 3.57. The van der Waals surface area contributed by atoms with Crippen LogP contribution in [0.25, 0.3) is 0 Å². The Morgan fingerprint density at radius 3 is 2.62 bits per heavy atom. The van der Waals surface area contributed by atoms with Crippen LogP contribution in [-0.2, 0) is 10.8 Å². The molecule has 0 fully saturated rings. The van der Waals surface area contributed by atoms with Gasteiger partial charge in [-0.25, -0.2) is 0 Å². The van der Waals surface area contributed by atoms with Crippen LogP contribution in [0, 0.1) is 0 Å². The minimum Gasteiger partial charge on any atom is -0.424 e. The van der Waals surface area contributed by atoms with Gasteiger partial charge in [-0.1, -0.05) is 36.4 Å². The maximum Gasteiger partial charge on any atom is 0.146 e. The molecule has 0 aliphatic rings. The lowest BCUT2D eigenvalue weighted by Crippen LogP contribution is -2.13. The molecule has 0 aliphatic heterocycles. The van der Waals surface area contributed by atoms with Crippen LogP contribution in [0.4, 0.5) is 0 Å². The summed E-state index contributed by atoms with van der Waals surface area (Å²) in [6.07, 6.45) is 4.19. The molecular formula is C11H16OSi. The summed E-state index contributed by atoms with van der Waals surface area (Å²) in [6.45, 7) is 3.73. The highest BCUT2D eigenvalue weighted by Gasteiger charge is 2.04. The first kappa shape index (κ1) is 10.2. The van der Waals surface area contributed by atoms with E-state index in [1.165, 1.54) is 5.56 Å². The second-order valence-electron chi connectivity index (χ2n) is 3.07. The van der Waals surface area contributed by atoms with Crippen molar-refractivity contribution in [3.63, 3.8) is 0 Å². The lowest BCUT2D eigenvalue weighted by atomic mass is 10.1. The first-order valence-electron chi connectivity index (χ1n) is 4.54. The molecule has 0 radical (unpaired) electrons. The molecule has 0 saturated carbocycles. The zero-order chi connectivity index (χ0) is 9.52. The van der Waals surface area contributed by atoms with Crippen LogP contribution in [0.1, 0.15) is 12.0 Å². The van der Waals surface area contributed by atoms with Gasteiger partial charge in [-0.15, -0.1) is 6.58 Å². The molecule has 1 rings (SSSR count). The van der Waals surface area contributed by atoms with Crippen LogP contribution < -0.4 is 0 Å². The number of hydrogen-bond donors (Lipinski definition) is 0. The zero-order valence-electron chi connectivity index (χ0n) is 8.07. The molecule has 0 bridgehead atoms. The van der Waals surface area contributed by atoms with E-state index in [0.717, 1.165) is 23.3 Å². The molecule has 1 aromatic carbocycles. The topological polar surface area (TPSA) is 9.23 Å². The summed E-state index contributed by atoms with van der Waals surface area (Å²) in [4.78, 5) is 0. The first-order chi connectivity index (χ1) is 6.36. The Kier molecular flexibility index (Phi) is 4.50. The fourth-order valence-corrected chi connectivity index (χ4v) is 1.68. The van der Waals surface area contributed by atoms with E-state index in [9.17, 15) is 0 Å². The van der Waals surface area contributed by atoms with Crippen molar-refractivity contribution in [2.45, 2.75) is 18.9 Å². The second kappa shape index (κ2) is 5.73. The molecule has 1 nitrogen and oxygen atoms in total. The van der Waals surface area contributed by atoms with Crippen LogP contribution in [0.3, 0.4) is 0 Å². The van der Waals surface area contributed by atoms with Crippen molar-refractivity contribution >= 4 is 10.5 Å². The van der Waals surface area contributed by atoms with Gasteiger partial charge in [-0.3, -0.25) is 0 Å². The van der Waals surface area contributed by atoms with Crippen LogP contribution in [0.2, 0.25) is 0 Å². The van der Waals surface area contributed by atoms with Gasteiger partial charge in [0.15, 0.2) is 0 Å². The van der Waals surface area contributed by atoms with Gasteiger partial charge < -0.3 is 4.43 Å². The fraction of sp³-hybridized carbons (Fsp3) is 0.273. The molecule has 0 N–H and O–H groups in total. The molecule has 1 aromatic rings. The summed E-state index contributed by atoms with van der Waals surface area (Å²) in [5.74, 6) is 0. The summed E-state index contributed by atoms with van der Waals surface area (Å²) in [7, 11) is 0.799. The zero-order valence-corrected chi connectivity index (χ0v) is 10.1. The SMILES string of the molecule is C=CCC(Cc1ccccc1)O[SiH3]. The summed E-state index contributed by atoms with van der Waals surface area (Å²) in [5.41, 5.74) is 1.34. The number of hydrogen-bond acceptors (Lipinski definition) is 1. The molecule has 0 heterocycles. The minimum absolute atomic E-state index is 0.326. The van der Waals surface area contributed by atoms with Crippen molar-refractivity contribution < 1.29 is 4.43 Å². The lowest BCUT2D eigenvalue weighted by molar-refractivity contribution is 0.226. The normalized spacial score (nSPS) is 12.6. The largest absolute Gasteiger partial charge is 0.424 e. The average Bonchev–Trinajstić information content (AvgIpc) is 2.19. The van der Waals surface area contributed by atoms with Gasteiger partial charge in [0.2, 0.25) is 0 Å². The summed E-state index contributed by atoms with van der Waals surface area (Å²) in [6, 6.07) is 10.4. The van der Waals surface area contributed by atoms with Crippen LogP contribution in [0.15, 0.2) is 43.0 Å². The van der Waals surface area contributed by atoms with Gasteiger partial charge in [0.25, 0.3) is 0 Å². The van der Waals surface area contributed by atoms with Gasteiger partial charge >= 0.3 is 0 Å². The van der Waals surface area contributed by atoms with Crippen molar-refractivity contribution in [1.29, 1.82) is 0 Å². The van der Waals surface area contributed by atoms with Crippen molar-refractivity contribution in [2.24, 2.45) is 0 Å². The van der Waals surface area contributed by atoms with E-state index >= 15 is 0 Å². The van der Waals surface area contributed by atoms with E-state index in [1.807, 2.05) is 12.1 Å². The molecule has 70 valence electrons. The Morgan fingerprint density at radius 2 is 2.08 bits per heavy atom. The standard InChI is InChI=1S/C11H16OSi/c1-2-6-11(12-13)9-10-7-4-3-5-8-10/h2-5,7-8,11H,1,6,9H2,13H3. The Morgan fingerprint density at radius 1 is 1.38 bits per heavy atom. The van der Waals surface area contributed by atoms with Gasteiger partial charge in [0.1, 0.15) is 10.5 Å². The molecular weight excluding hydrogens is 176 g/mol. The van der Waals surface area contributed by atoms with Gasteiger partial charge in [0, 0.05) is 0 Å². The molecule has 0 aromatic heterocycles. The smallest absolute Gasteiger partial charge is 0.146 e. The van der Waals surface area contributed by atoms with Crippen LogP contribution in [0.5, 0.6) is 0 Å². The minimum atomic E-state index is 0.326. The van der Waals surface area contributed by atoms with E-state index < -0.39 is 0 Å². The van der Waals surface area contributed by atoms with E-state index in [1.54, 1.807) is 0 Å². The van der Waals surface area contributed by atoms with Gasteiger partial charge in [-0.05, 0) is 18.4 Å². The Balaban J connectivity index is 2.51. The Hall–Kier alpha value is -0.863. The van der Waals surface area contributed by atoms with E-state index in [2.05, 4.69) is 30.8 Å². The third-order valence-electron chi connectivity index (χ3n) is 2.07. The second-order valence-corrected chi connectivity index (χ2v) is 3.54. The number of benzene rings is 1. The molecule has 13 heavy (non-hydrogen) atoms. The maximum atomic E-state index is 5.46. The summed E-state index contributed by atoms with van der Waals surface area (Å²) < 4.78 is 5.46. The lowest BCUT2D eigenvalue weighted by Gasteiger charge is -2.13. The van der Waals surface area contributed by atoms with Crippen molar-refractivity contribution in [2.75, 3.05) is 0 Å². The van der Waals surface area contributed by atoms with E-state index in [0.29, 0.717) is 6.10 Å². The highest BCUT2D eigenvalue weighted by Crippen LogP contribution is 2.08.